The van der Waals surface area contributed by atoms with Crippen molar-refractivity contribution in [1.82, 2.24) is 0 Å². The van der Waals surface area contributed by atoms with Crippen LogP contribution >= 0.6 is 0 Å². The zero-order valence-electron chi connectivity index (χ0n) is 31.6. The third-order valence-corrected chi connectivity index (χ3v) is 11.1. The molecule has 0 bridgehead atoms. The van der Waals surface area contributed by atoms with Crippen molar-refractivity contribution in [3.8, 4) is 0 Å². The average molecular weight is 771 g/mol. The smallest absolute Gasteiger partial charge is 0.380 e. The molecule has 2 heterocycles. The Morgan fingerprint density at radius 1 is 0.564 bits per heavy atom. The van der Waals surface area contributed by atoms with Gasteiger partial charge in [-0.1, -0.05) is 62.4 Å². The fraction of sp³-hybridized carbons (Fsp3) is 0.442. The molecule has 296 valence electrons. The number of benzene rings is 4. The summed E-state index contributed by atoms with van der Waals surface area (Å²) in [5.74, 6) is 0. The van der Waals surface area contributed by atoms with Gasteiger partial charge in [0, 0.05) is 33.6 Å². The van der Waals surface area contributed by atoms with Crippen LogP contribution in [0, 0.1) is 24.7 Å². The van der Waals surface area contributed by atoms with Crippen LogP contribution in [0.2, 0.25) is 0 Å². The maximum absolute atomic E-state index is 15.3. The molecule has 2 saturated heterocycles. The monoisotopic (exact) mass is 770 g/mol. The summed E-state index contributed by atoms with van der Waals surface area (Å²) in [5, 5.41) is 6.08. The predicted octanol–water partition coefficient (Wildman–Crippen LogP) is 11.1. The molecule has 0 aliphatic carbocycles. The Labute approximate surface area is 318 Å². The number of hydrogen-bond acceptors (Lipinski definition) is 6. The van der Waals surface area contributed by atoms with Gasteiger partial charge in [-0.15, -0.1) is 0 Å². The van der Waals surface area contributed by atoms with Crippen molar-refractivity contribution in [3.63, 3.8) is 0 Å². The van der Waals surface area contributed by atoms with E-state index in [1.54, 1.807) is 38.1 Å². The number of nitrogens with one attached hydrogen (secondary N) is 2. The molecule has 6 nitrogen and oxygen atoms in total. The molecule has 2 aliphatic rings. The highest BCUT2D eigenvalue weighted by Gasteiger charge is 2.72. The molecule has 4 aromatic rings. The summed E-state index contributed by atoms with van der Waals surface area (Å²) in [6, 6.07) is 20.4. The molecule has 0 amide bonds. The lowest BCUT2D eigenvalue weighted by molar-refractivity contribution is -0.288. The first-order chi connectivity index (χ1) is 26.1. The van der Waals surface area contributed by atoms with E-state index >= 15 is 26.3 Å². The largest absolute Gasteiger partial charge is 0.411 e. The SMILES string of the molecule is CCC1(COCc2ccc(Nc3cc(C(c4ccc(C)c(Nc5ccc(COCC6(CC)COC6)cc5)c4)(C(F)(F)F)C(F)(F)F)ccc3C)cc2)COC1. The molecule has 4 aromatic carbocycles. The van der Waals surface area contributed by atoms with Gasteiger partial charge in [0.1, 0.15) is 0 Å². The fourth-order valence-electron chi connectivity index (χ4n) is 6.97. The third kappa shape index (κ3) is 8.52. The minimum Gasteiger partial charge on any atom is -0.380 e. The van der Waals surface area contributed by atoms with E-state index in [1.807, 2.05) is 24.3 Å². The van der Waals surface area contributed by atoms with Crippen molar-refractivity contribution < 1.29 is 45.3 Å². The minimum absolute atomic E-state index is 0.0366. The summed E-state index contributed by atoms with van der Waals surface area (Å²) in [6.45, 7) is 12.0. The number of ether oxygens (including phenoxy) is 4. The van der Waals surface area contributed by atoms with E-state index < -0.39 is 28.9 Å². The molecule has 0 unspecified atom stereocenters. The zero-order valence-corrected chi connectivity index (χ0v) is 31.6. The zero-order chi connectivity index (χ0) is 39.5. The molecule has 0 spiro atoms. The highest BCUT2D eigenvalue weighted by Crippen LogP contribution is 2.57. The summed E-state index contributed by atoms with van der Waals surface area (Å²) in [6.07, 6.45) is -9.61. The summed E-state index contributed by atoms with van der Waals surface area (Å²) in [5.41, 5.74) is -2.21. The minimum atomic E-state index is -5.75. The average Bonchev–Trinajstić information content (AvgIpc) is 3.10. The van der Waals surface area contributed by atoms with Gasteiger partial charge in [0.15, 0.2) is 0 Å². The van der Waals surface area contributed by atoms with Crippen LogP contribution in [-0.4, -0.2) is 52.0 Å². The molecule has 2 N–H and O–H groups in total. The Bertz CT molecular complexity index is 1750. The standard InChI is InChI=1S/C43H48F6N2O4/c1-5-39(25-54-26-39)23-52-21-31-9-15-35(16-10-31)50-37-19-33(13-7-29(37)3)41(42(44,45)46,43(47,48)49)34-14-8-30(4)38(20-34)51-36-17-11-32(12-18-36)22-53-24-40(6-2)27-55-28-40/h7-20,50-51H,5-6,21-28H2,1-4H3. The second kappa shape index (κ2) is 16.2. The molecule has 0 atom stereocenters. The molecule has 6 rings (SSSR count). The van der Waals surface area contributed by atoms with Gasteiger partial charge in [-0.2, -0.15) is 26.3 Å². The maximum atomic E-state index is 15.3. The summed E-state index contributed by atoms with van der Waals surface area (Å²) < 4.78 is 114. The predicted molar refractivity (Wildman–Crippen MR) is 201 cm³/mol. The Morgan fingerprint density at radius 2 is 0.927 bits per heavy atom. The van der Waals surface area contributed by atoms with Crippen LogP contribution in [0.4, 0.5) is 49.1 Å². The number of halogens is 6. The highest BCUT2D eigenvalue weighted by atomic mass is 19.4. The number of hydrogen-bond donors (Lipinski definition) is 2. The van der Waals surface area contributed by atoms with Crippen LogP contribution in [0.15, 0.2) is 84.9 Å². The Morgan fingerprint density at radius 3 is 1.22 bits per heavy atom. The second-order valence-electron chi connectivity index (χ2n) is 15.1. The van der Waals surface area contributed by atoms with Crippen LogP contribution in [0.1, 0.15) is 60.1 Å². The van der Waals surface area contributed by atoms with Crippen molar-refractivity contribution in [2.45, 2.75) is 71.5 Å². The Hall–Kier alpha value is -4.10. The van der Waals surface area contributed by atoms with E-state index in [0.717, 1.165) is 48.2 Å². The Balaban J connectivity index is 1.23. The first-order valence-corrected chi connectivity index (χ1v) is 18.5. The lowest BCUT2D eigenvalue weighted by Gasteiger charge is -2.40. The maximum Gasteiger partial charge on any atom is 0.411 e. The Kier molecular flexibility index (Phi) is 11.9. The van der Waals surface area contributed by atoms with E-state index in [4.69, 9.17) is 18.9 Å². The van der Waals surface area contributed by atoms with Crippen molar-refractivity contribution in [2.75, 3.05) is 50.3 Å². The van der Waals surface area contributed by atoms with Gasteiger partial charge in [-0.25, -0.2) is 0 Å². The number of aryl methyl sites for hydroxylation is 2. The quantitative estimate of drug-likeness (QED) is 0.111. The first kappa shape index (κ1) is 40.6. The number of anilines is 4. The molecular weight excluding hydrogens is 722 g/mol. The van der Waals surface area contributed by atoms with Crippen LogP contribution in [-0.2, 0) is 37.6 Å². The molecular formula is C43H48F6N2O4. The van der Waals surface area contributed by atoms with E-state index in [2.05, 4.69) is 24.5 Å². The van der Waals surface area contributed by atoms with E-state index in [1.165, 1.54) is 12.1 Å². The molecule has 0 aromatic heterocycles. The van der Waals surface area contributed by atoms with Crippen molar-refractivity contribution in [1.29, 1.82) is 0 Å². The molecule has 0 radical (unpaired) electrons. The molecule has 55 heavy (non-hydrogen) atoms. The summed E-state index contributed by atoms with van der Waals surface area (Å²) in [7, 11) is 0. The topological polar surface area (TPSA) is 61.0 Å². The van der Waals surface area contributed by atoms with Crippen LogP contribution in [0.25, 0.3) is 0 Å². The van der Waals surface area contributed by atoms with Crippen LogP contribution in [0.5, 0.6) is 0 Å². The van der Waals surface area contributed by atoms with Gasteiger partial charge in [0.2, 0.25) is 5.41 Å². The van der Waals surface area contributed by atoms with Crippen LogP contribution in [0.3, 0.4) is 0 Å². The van der Waals surface area contributed by atoms with Gasteiger partial charge in [0.25, 0.3) is 0 Å². The highest BCUT2D eigenvalue weighted by molar-refractivity contribution is 5.68. The fourth-order valence-corrected chi connectivity index (χ4v) is 6.97. The van der Waals surface area contributed by atoms with Crippen molar-refractivity contribution in [2.24, 2.45) is 10.8 Å². The summed E-state index contributed by atoms with van der Waals surface area (Å²) in [4.78, 5) is 0. The molecule has 2 fully saturated rings. The molecule has 2 aliphatic heterocycles. The summed E-state index contributed by atoms with van der Waals surface area (Å²) >= 11 is 0. The lowest BCUT2D eigenvalue weighted by atomic mass is 9.72. The van der Waals surface area contributed by atoms with Gasteiger partial charge in [0.05, 0.1) is 52.9 Å². The van der Waals surface area contributed by atoms with Gasteiger partial charge in [-0.05, 0) is 96.5 Å². The van der Waals surface area contributed by atoms with E-state index in [-0.39, 0.29) is 22.2 Å². The first-order valence-electron chi connectivity index (χ1n) is 18.5. The molecule has 0 saturated carbocycles. The van der Waals surface area contributed by atoms with Gasteiger partial charge in [-0.3, -0.25) is 0 Å². The van der Waals surface area contributed by atoms with E-state index in [9.17, 15) is 0 Å². The third-order valence-electron chi connectivity index (χ3n) is 11.1. The van der Waals surface area contributed by atoms with Gasteiger partial charge < -0.3 is 29.6 Å². The van der Waals surface area contributed by atoms with Crippen molar-refractivity contribution >= 4 is 22.7 Å². The van der Waals surface area contributed by atoms with Gasteiger partial charge >= 0.3 is 12.4 Å². The van der Waals surface area contributed by atoms with E-state index in [0.29, 0.717) is 75.4 Å². The lowest BCUT2D eigenvalue weighted by Crippen LogP contribution is -2.54. The number of alkyl halides is 6. The second-order valence-corrected chi connectivity index (χ2v) is 15.1. The normalized spacial score (nSPS) is 16.6. The molecule has 12 heteroatoms. The number of rotatable bonds is 16. The van der Waals surface area contributed by atoms with Crippen molar-refractivity contribution in [3.05, 3.63) is 118 Å². The van der Waals surface area contributed by atoms with Crippen LogP contribution < -0.4 is 10.6 Å².